The Hall–Kier alpha value is -0.900. The zero-order valence-electron chi connectivity index (χ0n) is 6.48. The van der Waals surface area contributed by atoms with E-state index in [1.807, 2.05) is 10.7 Å². The van der Waals surface area contributed by atoms with E-state index >= 15 is 0 Å². The molecular formula is C7H9N3S. The highest BCUT2D eigenvalue weighted by Crippen LogP contribution is 2.20. The molecule has 0 amide bonds. The minimum Gasteiger partial charge on any atom is -0.242 e. The SMILES string of the molecule is CC(C)c1nn2cncc2s1. The second kappa shape index (κ2) is 2.30. The molecule has 2 aromatic rings. The van der Waals surface area contributed by atoms with Crippen LogP contribution in [-0.4, -0.2) is 14.6 Å². The molecule has 0 saturated heterocycles. The van der Waals surface area contributed by atoms with E-state index in [0.29, 0.717) is 5.92 Å². The first-order chi connectivity index (χ1) is 5.27. The third-order valence-electron chi connectivity index (χ3n) is 1.50. The van der Waals surface area contributed by atoms with Crippen LogP contribution in [0.25, 0.3) is 4.83 Å². The molecule has 0 aliphatic rings. The van der Waals surface area contributed by atoms with E-state index in [-0.39, 0.29) is 0 Å². The predicted molar refractivity (Wildman–Crippen MR) is 45.0 cm³/mol. The maximum Gasteiger partial charge on any atom is 0.139 e. The molecule has 0 bridgehead atoms. The van der Waals surface area contributed by atoms with Crippen LogP contribution < -0.4 is 0 Å². The van der Waals surface area contributed by atoms with Crippen LogP contribution in [0.2, 0.25) is 0 Å². The van der Waals surface area contributed by atoms with Crippen molar-refractivity contribution in [1.82, 2.24) is 14.6 Å². The highest BCUT2D eigenvalue weighted by Gasteiger charge is 2.06. The Morgan fingerprint density at radius 1 is 1.55 bits per heavy atom. The summed E-state index contributed by atoms with van der Waals surface area (Å²) in [6, 6.07) is 0. The lowest BCUT2D eigenvalue weighted by atomic mass is 10.2. The molecule has 0 N–H and O–H groups in total. The van der Waals surface area contributed by atoms with E-state index in [2.05, 4.69) is 23.9 Å². The molecule has 0 aliphatic carbocycles. The average Bonchev–Trinajstić information content (AvgIpc) is 2.40. The molecule has 0 aromatic carbocycles. The molecule has 2 heterocycles. The number of rotatable bonds is 1. The van der Waals surface area contributed by atoms with Crippen LogP contribution in [0.1, 0.15) is 24.8 Å². The van der Waals surface area contributed by atoms with Crippen molar-refractivity contribution >= 4 is 16.2 Å². The lowest BCUT2D eigenvalue weighted by Gasteiger charge is -1.93. The van der Waals surface area contributed by atoms with Gasteiger partial charge in [-0.15, -0.1) is 0 Å². The molecule has 11 heavy (non-hydrogen) atoms. The number of hydrogen-bond acceptors (Lipinski definition) is 3. The van der Waals surface area contributed by atoms with Crippen molar-refractivity contribution in [3.63, 3.8) is 0 Å². The van der Waals surface area contributed by atoms with Gasteiger partial charge in [0.1, 0.15) is 16.2 Å². The van der Waals surface area contributed by atoms with Crippen LogP contribution in [0.15, 0.2) is 12.5 Å². The van der Waals surface area contributed by atoms with Crippen molar-refractivity contribution in [2.24, 2.45) is 0 Å². The summed E-state index contributed by atoms with van der Waals surface area (Å²) in [6.07, 6.45) is 3.57. The largest absolute Gasteiger partial charge is 0.242 e. The van der Waals surface area contributed by atoms with Crippen molar-refractivity contribution in [2.75, 3.05) is 0 Å². The molecule has 2 rings (SSSR count). The van der Waals surface area contributed by atoms with Gasteiger partial charge in [-0.1, -0.05) is 25.2 Å². The van der Waals surface area contributed by atoms with E-state index in [0.717, 1.165) is 4.83 Å². The summed E-state index contributed by atoms with van der Waals surface area (Å²) in [5, 5.41) is 5.51. The summed E-state index contributed by atoms with van der Waals surface area (Å²) < 4.78 is 1.82. The minimum absolute atomic E-state index is 0.514. The number of aromatic nitrogens is 3. The van der Waals surface area contributed by atoms with Gasteiger partial charge in [0.25, 0.3) is 0 Å². The van der Waals surface area contributed by atoms with Gasteiger partial charge >= 0.3 is 0 Å². The van der Waals surface area contributed by atoms with Crippen LogP contribution in [0.4, 0.5) is 0 Å². The lowest BCUT2D eigenvalue weighted by Crippen LogP contribution is -1.87. The van der Waals surface area contributed by atoms with Crippen molar-refractivity contribution in [1.29, 1.82) is 0 Å². The zero-order chi connectivity index (χ0) is 7.84. The van der Waals surface area contributed by atoms with Crippen molar-refractivity contribution < 1.29 is 0 Å². The van der Waals surface area contributed by atoms with Gasteiger partial charge in [0.05, 0.1) is 6.20 Å². The minimum atomic E-state index is 0.514. The summed E-state index contributed by atoms with van der Waals surface area (Å²) in [5.41, 5.74) is 0. The first-order valence-corrected chi connectivity index (χ1v) is 4.38. The standard InChI is InChI=1S/C7H9N3S/c1-5(2)7-9-10-4-8-3-6(10)11-7/h3-5H,1-2H3. The molecule has 0 fully saturated rings. The maximum atomic E-state index is 4.34. The summed E-state index contributed by atoms with van der Waals surface area (Å²) in [4.78, 5) is 5.09. The van der Waals surface area contributed by atoms with Gasteiger partial charge in [-0.3, -0.25) is 0 Å². The first kappa shape index (κ1) is 6.79. The molecular weight excluding hydrogens is 158 g/mol. The molecule has 4 heteroatoms. The Labute approximate surface area is 68.7 Å². The first-order valence-electron chi connectivity index (χ1n) is 3.56. The Morgan fingerprint density at radius 3 is 3.00 bits per heavy atom. The third-order valence-corrected chi connectivity index (χ3v) is 2.76. The third kappa shape index (κ3) is 1.03. The van der Waals surface area contributed by atoms with Gasteiger partial charge in [-0.25, -0.2) is 9.50 Å². The van der Waals surface area contributed by atoms with Gasteiger partial charge in [0.15, 0.2) is 0 Å². The summed E-state index contributed by atoms with van der Waals surface area (Å²) >= 11 is 1.70. The quantitative estimate of drug-likeness (QED) is 0.649. The monoisotopic (exact) mass is 167 g/mol. The number of nitrogens with zero attached hydrogens (tertiary/aromatic N) is 3. The zero-order valence-corrected chi connectivity index (χ0v) is 7.30. The van der Waals surface area contributed by atoms with Crippen LogP contribution >= 0.6 is 11.3 Å². The fourth-order valence-electron chi connectivity index (χ4n) is 0.892. The summed E-state index contributed by atoms with van der Waals surface area (Å²) in [5.74, 6) is 0.514. The predicted octanol–water partition coefficient (Wildman–Crippen LogP) is 1.91. The van der Waals surface area contributed by atoms with Crippen molar-refractivity contribution in [3.8, 4) is 0 Å². The van der Waals surface area contributed by atoms with Crippen LogP contribution in [0.5, 0.6) is 0 Å². The van der Waals surface area contributed by atoms with E-state index < -0.39 is 0 Å². The van der Waals surface area contributed by atoms with E-state index in [4.69, 9.17) is 0 Å². The second-order valence-corrected chi connectivity index (χ2v) is 3.81. The van der Waals surface area contributed by atoms with Gasteiger partial charge < -0.3 is 0 Å². The molecule has 0 radical (unpaired) electrons. The molecule has 0 saturated carbocycles. The Kier molecular flexibility index (Phi) is 1.42. The lowest BCUT2D eigenvalue weighted by molar-refractivity contribution is 0.799. The molecule has 0 aliphatic heterocycles. The molecule has 0 unspecified atom stereocenters. The van der Waals surface area contributed by atoms with E-state index in [9.17, 15) is 0 Å². The molecule has 2 aromatic heterocycles. The second-order valence-electron chi connectivity index (χ2n) is 2.77. The normalized spacial score (nSPS) is 11.5. The van der Waals surface area contributed by atoms with E-state index in [1.54, 1.807) is 17.7 Å². The van der Waals surface area contributed by atoms with Gasteiger partial charge in [0.2, 0.25) is 0 Å². The average molecular weight is 167 g/mol. The number of hydrogen-bond donors (Lipinski definition) is 0. The molecule has 0 atom stereocenters. The van der Waals surface area contributed by atoms with Gasteiger partial charge in [-0.2, -0.15) is 5.10 Å². The number of fused-ring (bicyclic) bond motifs is 1. The van der Waals surface area contributed by atoms with Crippen LogP contribution in [-0.2, 0) is 0 Å². The maximum absolute atomic E-state index is 4.34. The topological polar surface area (TPSA) is 30.2 Å². The van der Waals surface area contributed by atoms with Crippen molar-refractivity contribution in [3.05, 3.63) is 17.5 Å². The molecule has 58 valence electrons. The summed E-state index contributed by atoms with van der Waals surface area (Å²) in [7, 11) is 0. The summed E-state index contributed by atoms with van der Waals surface area (Å²) in [6.45, 7) is 4.29. The van der Waals surface area contributed by atoms with Gasteiger partial charge in [0, 0.05) is 5.92 Å². The Balaban J connectivity index is 2.58. The fraction of sp³-hybridized carbons (Fsp3) is 0.429. The van der Waals surface area contributed by atoms with E-state index in [1.165, 1.54) is 5.01 Å². The van der Waals surface area contributed by atoms with Crippen LogP contribution in [0.3, 0.4) is 0 Å². The highest BCUT2D eigenvalue weighted by atomic mass is 32.1. The smallest absolute Gasteiger partial charge is 0.139 e. The molecule has 3 nitrogen and oxygen atoms in total. The van der Waals surface area contributed by atoms with Gasteiger partial charge in [-0.05, 0) is 0 Å². The van der Waals surface area contributed by atoms with Crippen LogP contribution in [0, 0.1) is 0 Å². The fourth-order valence-corrected chi connectivity index (χ4v) is 1.77. The Bertz CT molecular complexity index is 332. The van der Waals surface area contributed by atoms with Crippen molar-refractivity contribution in [2.45, 2.75) is 19.8 Å². The number of imidazole rings is 1. The molecule has 0 spiro atoms. The Morgan fingerprint density at radius 2 is 2.36 bits per heavy atom. The highest BCUT2D eigenvalue weighted by molar-refractivity contribution is 7.17.